The van der Waals surface area contributed by atoms with Crippen LogP contribution in [0.5, 0.6) is 0 Å². The van der Waals surface area contributed by atoms with Crippen LogP contribution in [0.4, 0.5) is 17.1 Å². The first kappa shape index (κ1) is 38.1. The van der Waals surface area contributed by atoms with Crippen LogP contribution >= 0.6 is 11.3 Å². The Morgan fingerprint density at radius 3 is 1.87 bits per heavy atom. The highest BCUT2D eigenvalue weighted by Gasteiger charge is 2.24. The first-order valence-electron chi connectivity index (χ1n) is 23.2. The van der Waals surface area contributed by atoms with Crippen LogP contribution in [-0.4, -0.2) is 0 Å². The molecule has 0 bridgehead atoms. The van der Waals surface area contributed by atoms with E-state index in [1.807, 2.05) is 11.3 Å². The summed E-state index contributed by atoms with van der Waals surface area (Å²) in [7, 11) is 0. The number of para-hydroxylation sites is 2. The number of nitrogens with zero attached hydrogens (tertiary/aromatic N) is 1. The van der Waals surface area contributed by atoms with E-state index in [2.05, 4.69) is 229 Å². The molecule has 0 fully saturated rings. The predicted octanol–water partition coefficient (Wildman–Crippen LogP) is 18.8. The number of anilines is 3. The van der Waals surface area contributed by atoms with Crippen molar-refractivity contribution in [3.63, 3.8) is 0 Å². The Morgan fingerprint density at radius 2 is 1.04 bits per heavy atom. The van der Waals surface area contributed by atoms with E-state index in [9.17, 15) is 0 Å². The van der Waals surface area contributed by atoms with Crippen molar-refractivity contribution in [2.45, 2.75) is 12.8 Å². The number of benzene rings is 11. The molecule has 0 spiro atoms. The van der Waals surface area contributed by atoms with E-state index >= 15 is 0 Å². The Labute approximate surface area is 391 Å². The highest BCUT2D eigenvalue weighted by atomic mass is 32.1. The van der Waals surface area contributed by atoms with E-state index in [0.717, 1.165) is 74.1 Å². The fourth-order valence-corrected chi connectivity index (χ4v) is 12.2. The molecule has 3 heteroatoms. The number of rotatable bonds is 6. The molecule has 0 unspecified atom stereocenters. The molecule has 1 aliphatic rings. The summed E-state index contributed by atoms with van der Waals surface area (Å²) in [6.45, 7) is 0. The van der Waals surface area contributed by atoms with Gasteiger partial charge in [0.15, 0.2) is 0 Å². The van der Waals surface area contributed by atoms with Crippen molar-refractivity contribution in [1.82, 2.24) is 0 Å². The molecule has 2 aromatic heterocycles. The van der Waals surface area contributed by atoms with Gasteiger partial charge < -0.3 is 9.32 Å². The molecule has 314 valence electrons. The molecule has 14 rings (SSSR count). The van der Waals surface area contributed by atoms with E-state index in [0.29, 0.717) is 0 Å². The largest absolute Gasteiger partial charge is 0.455 e. The van der Waals surface area contributed by atoms with Crippen molar-refractivity contribution in [3.05, 3.63) is 230 Å². The van der Waals surface area contributed by atoms with Crippen molar-refractivity contribution >= 4 is 109 Å². The lowest BCUT2D eigenvalue weighted by molar-refractivity contribution is 0.671. The second kappa shape index (κ2) is 15.2. The summed E-state index contributed by atoms with van der Waals surface area (Å²) in [6.07, 6.45) is 6.72. The summed E-state index contributed by atoms with van der Waals surface area (Å²) in [6, 6.07) is 78.2. The summed E-state index contributed by atoms with van der Waals surface area (Å²) in [5.74, 6) is 0. The lowest BCUT2D eigenvalue weighted by atomic mass is 9.94. The number of fused-ring (bicyclic) bond motifs is 12. The molecule has 67 heavy (non-hydrogen) atoms. The van der Waals surface area contributed by atoms with Crippen LogP contribution in [0.2, 0.25) is 0 Å². The van der Waals surface area contributed by atoms with Gasteiger partial charge in [-0.15, -0.1) is 11.3 Å². The standard InChI is InChI=1S/C64H41NOS/c1-2-15-41(16-3-1)51-24-12-25-53-54-26-13-27-55(62(54)66-61(51)53)58-37-45-19-6-7-20-46(45)39-59(58)65(49-34-28-40-14-4-5-18-44(40)36-49)48-32-29-43(30-33-48)57-38-47-21-9-10-22-50(47)60-56-35-31-42-17-8-11-23-52(42)63(56)67-64(57)60/h1-3,5-13,15-39H,4,14H2. The molecular formula is C64H41NOS. The van der Waals surface area contributed by atoms with E-state index in [4.69, 9.17) is 4.42 Å². The molecule has 2 heterocycles. The van der Waals surface area contributed by atoms with E-state index in [1.54, 1.807) is 0 Å². The van der Waals surface area contributed by atoms with Crippen LogP contribution in [0.1, 0.15) is 17.5 Å². The molecular weight excluding hydrogens is 831 g/mol. The summed E-state index contributed by atoms with van der Waals surface area (Å²) in [4.78, 5) is 2.47. The molecule has 0 atom stereocenters. The Kier molecular flexibility index (Phi) is 8.62. The first-order chi connectivity index (χ1) is 33.2. The third-order valence-electron chi connectivity index (χ3n) is 14.1. The maximum Gasteiger partial charge on any atom is 0.143 e. The molecule has 0 amide bonds. The number of thiophene rings is 1. The van der Waals surface area contributed by atoms with Gasteiger partial charge in [0.1, 0.15) is 11.2 Å². The Morgan fingerprint density at radius 1 is 0.403 bits per heavy atom. The van der Waals surface area contributed by atoms with Crippen LogP contribution < -0.4 is 4.90 Å². The van der Waals surface area contributed by atoms with Crippen LogP contribution in [0.15, 0.2) is 223 Å². The number of hydrogen-bond acceptors (Lipinski definition) is 3. The van der Waals surface area contributed by atoms with Crippen molar-refractivity contribution in [2.24, 2.45) is 0 Å². The zero-order chi connectivity index (χ0) is 44.0. The van der Waals surface area contributed by atoms with Crippen molar-refractivity contribution in [1.29, 1.82) is 0 Å². The monoisotopic (exact) mass is 871 g/mol. The van der Waals surface area contributed by atoms with E-state index < -0.39 is 0 Å². The Bertz CT molecular complexity index is 4150. The van der Waals surface area contributed by atoms with Crippen molar-refractivity contribution in [2.75, 3.05) is 4.90 Å². The van der Waals surface area contributed by atoms with Gasteiger partial charge in [-0.25, -0.2) is 0 Å². The average Bonchev–Trinajstić information content (AvgIpc) is 3.99. The fraction of sp³-hybridized carbons (Fsp3) is 0.0312. The SMILES string of the molecule is C1=Cc2cc(N(c3ccc(-c4cc5ccccc5c5c4sc4c6ccccc6ccc45)cc3)c3cc4ccccc4cc3-c3cccc4c3oc3c(-c5ccccc5)cccc34)ccc2CC1. The van der Waals surface area contributed by atoms with Gasteiger partial charge in [0.05, 0.1) is 5.69 Å². The molecule has 11 aromatic carbocycles. The van der Waals surface area contributed by atoms with Crippen LogP contribution in [0.3, 0.4) is 0 Å². The van der Waals surface area contributed by atoms with E-state index in [1.165, 1.54) is 74.7 Å². The third-order valence-corrected chi connectivity index (χ3v) is 15.3. The van der Waals surface area contributed by atoms with Gasteiger partial charge in [-0.05, 0) is 110 Å². The maximum atomic E-state index is 7.11. The minimum atomic E-state index is 0.887. The Balaban J connectivity index is 0.994. The van der Waals surface area contributed by atoms with Gasteiger partial charge in [-0.3, -0.25) is 0 Å². The number of allylic oxidation sites excluding steroid dienone is 1. The second-order valence-corrected chi connectivity index (χ2v) is 18.9. The highest BCUT2D eigenvalue weighted by molar-refractivity contribution is 7.27. The van der Waals surface area contributed by atoms with Gasteiger partial charge in [0.25, 0.3) is 0 Å². The van der Waals surface area contributed by atoms with Gasteiger partial charge in [0, 0.05) is 64.6 Å². The molecule has 0 radical (unpaired) electrons. The summed E-state index contributed by atoms with van der Waals surface area (Å²) >= 11 is 1.92. The zero-order valence-corrected chi connectivity index (χ0v) is 37.4. The van der Waals surface area contributed by atoms with Crippen LogP contribution in [0, 0.1) is 0 Å². The topological polar surface area (TPSA) is 16.4 Å². The van der Waals surface area contributed by atoms with Crippen molar-refractivity contribution < 1.29 is 4.42 Å². The minimum absolute atomic E-state index is 0.887. The summed E-state index contributed by atoms with van der Waals surface area (Å²) in [5, 5.41) is 12.4. The normalized spacial score (nSPS) is 12.6. The smallest absolute Gasteiger partial charge is 0.143 e. The lowest BCUT2D eigenvalue weighted by Gasteiger charge is -2.29. The zero-order valence-electron chi connectivity index (χ0n) is 36.5. The third kappa shape index (κ3) is 6.09. The van der Waals surface area contributed by atoms with Crippen molar-refractivity contribution in [3.8, 4) is 33.4 Å². The van der Waals surface area contributed by atoms with Gasteiger partial charge in [-0.2, -0.15) is 0 Å². The molecule has 13 aromatic rings. The van der Waals surface area contributed by atoms with Gasteiger partial charge >= 0.3 is 0 Å². The molecule has 2 nitrogen and oxygen atoms in total. The van der Waals surface area contributed by atoms with Gasteiger partial charge in [0.2, 0.25) is 0 Å². The molecule has 0 N–H and O–H groups in total. The second-order valence-electron chi connectivity index (χ2n) is 17.9. The maximum absolute atomic E-state index is 7.11. The number of hydrogen-bond donors (Lipinski definition) is 0. The quantitative estimate of drug-likeness (QED) is 0.166. The van der Waals surface area contributed by atoms with E-state index in [-0.39, 0.29) is 0 Å². The molecule has 1 aliphatic carbocycles. The molecule has 0 saturated heterocycles. The lowest BCUT2D eigenvalue weighted by Crippen LogP contribution is -2.12. The van der Waals surface area contributed by atoms with Crippen LogP contribution in [-0.2, 0) is 6.42 Å². The predicted molar refractivity (Wildman–Crippen MR) is 287 cm³/mol. The first-order valence-corrected chi connectivity index (χ1v) is 24.0. The van der Waals surface area contributed by atoms with Crippen LogP contribution in [0.25, 0.3) is 114 Å². The summed E-state index contributed by atoms with van der Waals surface area (Å²) < 4.78 is 9.77. The highest BCUT2D eigenvalue weighted by Crippen LogP contribution is 2.50. The number of furan rings is 1. The fourth-order valence-electron chi connectivity index (χ4n) is 10.8. The summed E-state index contributed by atoms with van der Waals surface area (Å²) in [5.41, 5.74) is 14.6. The molecule has 0 saturated carbocycles. The van der Waals surface area contributed by atoms with Gasteiger partial charge in [-0.1, -0.05) is 182 Å². The Hall–Kier alpha value is -8.24. The molecule has 0 aliphatic heterocycles. The minimum Gasteiger partial charge on any atom is -0.455 e. The number of aryl methyl sites for hydroxylation is 1. The average molecular weight is 872 g/mol.